The number of ether oxygens (including phenoxy) is 1. The van der Waals surface area contributed by atoms with Gasteiger partial charge in [-0.2, -0.15) is 0 Å². The molecule has 0 spiro atoms. The molecule has 1 aliphatic rings. The van der Waals surface area contributed by atoms with Gasteiger partial charge in [0.1, 0.15) is 17.3 Å². The number of nitrogens with zero attached hydrogens (tertiary/aromatic N) is 2. The van der Waals surface area contributed by atoms with Crippen molar-refractivity contribution in [3.63, 3.8) is 0 Å². The number of para-hydroxylation sites is 1. The molecule has 1 saturated heterocycles. The van der Waals surface area contributed by atoms with Crippen LogP contribution in [0.25, 0.3) is 16.7 Å². The van der Waals surface area contributed by atoms with Crippen molar-refractivity contribution in [2.75, 3.05) is 6.61 Å². The van der Waals surface area contributed by atoms with Gasteiger partial charge in [0.25, 0.3) is 11.7 Å². The molecule has 2 aromatic heterocycles. The number of benzene rings is 2. The highest BCUT2D eigenvalue weighted by Gasteiger charge is 2.47. The van der Waals surface area contributed by atoms with Gasteiger partial charge in [0.15, 0.2) is 0 Å². The Hall–Kier alpha value is -4.26. The van der Waals surface area contributed by atoms with Crippen molar-refractivity contribution in [1.82, 2.24) is 9.47 Å². The summed E-state index contributed by atoms with van der Waals surface area (Å²) in [6.45, 7) is 2.87. The first-order valence-electron chi connectivity index (χ1n) is 12.6. The van der Waals surface area contributed by atoms with Gasteiger partial charge >= 0.3 is 0 Å². The van der Waals surface area contributed by atoms with E-state index in [4.69, 9.17) is 9.15 Å². The average molecular weight is 499 g/mol. The predicted octanol–water partition coefficient (Wildman–Crippen LogP) is 5.96. The fraction of sp³-hybridized carbons (Fsp3) is 0.267. The highest BCUT2D eigenvalue weighted by Crippen LogP contribution is 2.43. The van der Waals surface area contributed by atoms with Crippen LogP contribution in [0.4, 0.5) is 0 Å². The van der Waals surface area contributed by atoms with Gasteiger partial charge in [-0.3, -0.25) is 9.59 Å². The van der Waals surface area contributed by atoms with E-state index in [1.165, 1.54) is 11.2 Å². The standard InChI is InChI=1S/C30H30N2O5/c1-3-4-7-16-36-21-14-12-20(13-15-21)28(33)26-27(24-19-31(2)25-11-6-5-10-23(24)25)32(30(35)29(26)34)18-22-9-8-17-37-22/h5-6,8-15,17,19,27,33H,3-4,7,16,18H2,1-2H3/b28-26+. The minimum Gasteiger partial charge on any atom is -0.507 e. The second-order valence-corrected chi connectivity index (χ2v) is 9.30. The van der Waals surface area contributed by atoms with E-state index >= 15 is 0 Å². The van der Waals surface area contributed by atoms with Crippen LogP contribution in [0.3, 0.4) is 0 Å². The zero-order valence-corrected chi connectivity index (χ0v) is 21.0. The Labute approximate surface area is 215 Å². The van der Waals surface area contributed by atoms with Crippen molar-refractivity contribution in [3.8, 4) is 5.75 Å². The van der Waals surface area contributed by atoms with Crippen LogP contribution >= 0.6 is 0 Å². The van der Waals surface area contributed by atoms with Gasteiger partial charge in [-0.15, -0.1) is 0 Å². The average Bonchev–Trinajstić information content (AvgIpc) is 3.61. The largest absolute Gasteiger partial charge is 0.507 e. The molecule has 0 bridgehead atoms. The van der Waals surface area contributed by atoms with Gasteiger partial charge in [-0.25, -0.2) is 0 Å². The summed E-state index contributed by atoms with van der Waals surface area (Å²) in [7, 11) is 1.92. The number of Topliss-reactive ketones (excluding diaryl/α,β-unsaturated/α-hetero) is 1. The van der Waals surface area contributed by atoms with Gasteiger partial charge in [-0.1, -0.05) is 38.0 Å². The van der Waals surface area contributed by atoms with E-state index in [2.05, 4.69) is 6.92 Å². The fourth-order valence-corrected chi connectivity index (χ4v) is 4.93. The summed E-state index contributed by atoms with van der Waals surface area (Å²) in [5, 5.41) is 12.3. The van der Waals surface area contributed by atoms with Crippen molar-refractivity contribution in [2.24, 2.45) is 7.05 Å². The van der Waals surface area contributed by atoms with E-state index in [0.717, 1.165) is 35.7 Å². The van der Waals surface area contributed by atoms with Gasteiger partial charge in [-0.05, 0) is 48.9 Å². The van der Waals surface area contributed by atoms with E-state index in [-0.39, 0.29) is 17.9 Å². The van der Waals surface area contributed by atoms with Crippen LogP contribution in [0, 0.1) is 0 Å². The molecule has 1 fully saturated rings. The third-order valence-electron chi connectivity index (χ3n) is 6.81. The normalized spacial score (nSPS) is 17.1. The number of hydrogen-bond donors (Lipinski definition) is 1. The Kier molecular flexibility index (Phi) is 6.86. The molecule has 7 nitrogen and oxygen atoms in total. The summed E-state index contributed by atoms with van der Waals surface area (Å²) in [5.74, 6) is -0.363. The summed E-state index contributed by atoms with van der Waals surface area (Å²) >= 11 is 0. The van der Waals surface area contributed by atoms with Crippen LogP contribution < -0.4 is 4.74 Å². The Morgan fingerprint density at radius 2 is 1.81 bits per heavy atom. The van der Waals surface area contributed by atoms with Crippen molar-refractivity contribution >= 4 is 28.4 Å². The maximum Gasteiger partial charge on any atom is 0.296 e. The molecule has 37 heavy (non-hydrogen) atoms. The van der Waals surface area contributed by atoms with Gasteiger partial charge < -0.3 is 23.7 Å². The maximum atomic E-state index is 13.4. The number of fused-ring (bicyclic) bond motifs is 1. The summed E-state index contributed by atoms with van der Waals surface area (Å²) in [6.07, 6.45) is 6.64. The lowest BCUT2D eigenvalue weighted by Gasteiger charge is -2.24. The number of ketones is 1. The highest BCUT2D eigenvalue weighted by atomic mass is 16.5. The van der Waals surface area contributed by atoms with Crippen molar-refractivity contribution in [1.29, 1.82) is 0 Å². The van der Waals surface area contributed by atoms with Crippen LogP contribution in [0.15, 0.2) is 83.1 Å². The minimum atomic E-state index is -0.777. The molecule has 190 valence electrons. The zero-order valence-electron chi connectivity index (χ0n) is 21.0. The molecule has 5 rings (SSSR count). The summed E-state index contributed by atoms with van der Waals surface area (Å²) in [4.78, 5) is 28.1. The Bertz CT molecular complexity index is 1450. The topological polar surface area (TPSA) is 84.9 Å². The zero-order chi connectivity index (χ0) is 25.9. The summed E-state index contributed by atoms with van der Waals surface area (Å²) in [6, 6.07) is 17.5. The first-order valence-corrected chi connectivity index (χ1v) is 12.6. The van der Waals surface area contributed by atoms with E-state index in [9.17, 15) is 14.7 Å². The molecule has 1 unspecified atom stereocenters. The molecule has 0 saturated carbocycles. The molecule has 2 aromatic carbocycles. The fourth-order valence-electron chi connectivity index (χ4n) is 4.93. The number of amides is 1. The van der Waals surface area contributed by atoms with Gasteiger partial charge in [0.2, 0.25) is 0 Å². The van der Waals surface area contributed by atoms with Crippen LogP contribution in [-0.4, -0.2) is 32.9 Å². The minimum absolute atomic E-state index is 0.0597. The molecule has 1 atom stereocenters. The van der Waals surface area contributed by atoms with E-state index in [1.807, 2.05) is 42.1 Å². The number of aryl methyl sites for hydroxylation is 1. The van der Waals surface area contributed by atoms with Crippen LogP contribution in [0.1, 0.15) is 49.1 Å². The van der Waals surface area contributed by atoms with Crippen molar-refractivity contribution in [2.45, 2.75) is 38.8 Å². The molecule has 1 aliphatic heterocycles. The first-order chi connectivity index (χ1) is 18.0. The first kappa shape index (κ1) is 24.4. The van der Waals surface area contributed by atoms with Crippen LogP contribution in [0.2, 0.25) is 0 Å². The van der Waals surface area contributed by atoms with E-state index in [1.54, 1.807) is 36.4 Å². The lowest BCUT2D eigenvalue weighted by Crippen LogP contribution is -2.29. The Morgan fingerprint density at radius 3 is 2.54 bits per heavy atom. The third kappa shape index (κ3) is 4.65. The molecule has 1 N–H and O–H groups in total. The quantitative estimate of drug-likeness (QED) is 0.133. The summed E-state index contributed by atoms with van der Waals surface area (Å²) in [5.41, 5.74) is 2.23. The number of carbonyl (C=O) groups is 2. The Balaban J connectivity index is 1.57. The second-order valence-electron chi connectivity index (χ2n) is 9.30. The smallest absolute Gasteiger partial charge is 0.296 e. The summed E-state index contributed by atoms with van der Waals surface area (Å²) < 4.78 is 13.2. The number of hydrogen-bond acceptors (Lipinski definition) is 5. The number of furan rings is 1. The SMILES string of the molecule is CCCCCOc1ccc(/C(O)=C2\C(=O)C(=O)N(Cc3ccco3)C2c2cn(C)c3ccccc23)cc1. The molecule has 4 aromatic rings. The molecule has 0 aliphatic carbocycles. The number of aliphatic hydroxyl groups is 1. The van der Waals surface area contributed by atoms with Crippen LogP contribution in [0.5, 0.6) is 5.75 Å². The molecule has 3 heterocycles. The van der Waals surface area contributed by atoms with Crippen molar-refractivity contribution in [3.05, 3.63) is 95.6 Å². The molecular weight excluding hydrogens is 468 g/mol. The second kappa shape index (κ2) is 10.4. The monoisotopic (exact) mass is 498 g/mol. The molecule has 0 radical (unpaired) electrons. The molecular formula is C30H30N2O5. The van der Waals surface area contributed by atoms with Crippen LogP contribution in [-0.2, 0) is 23.2 Å². The number of likely N-dealkylation sites (tertiary alicyclic amines) is 1. The molecule has 7 heteroatoms. The van der Waals surface area contributed by atoms with E-state index < -0.39 is 17.7 Å². The van der Waals surface area contributed by atoms with Gasteiger partial charge in [0.05, 0.1) is 31.0 Å². The third-order valence-corrected chi connectivity index (χ3v) is 6.81. The number of unbranched alkanes of at least 4 members (excludes halogenated alkanes) is 2. The number of aliphatic hydroxyl groups excluding tert-OH is 1. The number of rotatable bonds is 9. The molecule has 1 amide bonds. The predicted molar refractivity (Wildman–Crippen MR) is 141 cm³/mol. The maximum absolute atomic E-state index is 13.4. The highest BCUT2D eigenvalue weighted by molar-refractivity contribution is 6.46. The van der Waals surface area contributed by atoms with Gasteiger partial charge in [0, 0.05) is 35.3 Å². The lowest BCUT2D eigenvalue weighted by molar-refractivity contribution is -0.140. The number of carbonyl (C=O) groups excluding carboxylic acids is 2. The Morgan fingerprint density at radius 1 is 1.03 bits per heavy atom. The van der Waals surface area contributed by atoms with Crippen molar-refractivity contribution < 1.29 is 23.8 Å². The number of aromatic nitrogens is 1. The van der Waals surface area contributed by atoms with E-state index in [0.29, 0.717) is 23.7 Å². The lowest BCUT2D eigenvalue weighted by atomic mass is 9.95.